The van der Waals surface area contributed by atoms with E-state index >= 15 is 0 Å². The van der Waals surface area contributed by atoms with E-state index in [0.29, 0.717) is 0 Å². The molecule has 9 heteroatoms. The quantitative estimate of drug-likeness (QED) is 0.439. The molecule has 0 atom stereocenters. The second kappa shape index (κ2) is 6.88. The fraction of sp³-hybridized carbons (Fsp3) is 0. The van der Waals surface area contributed by atoms with Crippen molar-refractivity contribution in [1.29, 1.82) is 0 Å². The van der Waals surface area contributed by atoms with Gasteiger partial charge in [0.15, 0.2) is 0 Å². The number of thiocarbonyl (C=S) groups is 4. The van der Waals surface area contributed by atoms with Gasteiger partial charge in [-0.1, -0.05) is 0 Å². The highest BCUT2D eigenvalue weighted by Gasteiger charge is 2.35. The number of nitrogens with zero attached hydrogens (tertiary/aromatic N) is 4. The largest absolute Gasteiger partial charge is 0.612 e. The zero-order chi connectivity index (χ0) is 10.2. The van der Waals surface area contributed by atoms with Crippen LogP contribution in [0.25, 0.3) is 0 Å². The fourth-order valence-electron chi connectivity index (χ4n) is 0.395. The predicted octanol–water partition coefficient (Wildman–Crippen LogP) is 1.83. The molecule has 64 valence electrons. The summed E-state index contributed by atoms with van der Waals surface area (Å²) < 4.78 is 14.6. The second-order valence-electron chi connectivity index (χ2n) is 1.41. The summed E-state index contributed by atoms with van der Waals surface area (Å²) >= 11 is 17.6. The van der Waals surface area contributed by atoms with Crippen molar-refractivity contribution in [2.75, 3.05) is 0 Å². The lowest BCUT2D eigenvalue weighted by Gasteiger charge is -2.00. The first-order valence-corrected chi connectivity index (χ1v) is 6.03. The predicted molar refractivity (Wildman–Crippen MR) is 65.9 cm³/mol. The first-order valence-electron chi connectivity index (χ1n) is 2.61. The van der Waals surface area contributed by atoms with Gasteiger partial charge in [-0.15, -0.1) is 0 Å². The van der Waals surface area contributed by atoms with Gasteiger partial charge in [-0.3, -0.25) is 0 Å². The minimum atomic E-state index is -3.16. The molecule has 0 aromatic rings. The number of isothiocyanates is 4. The molecule has 0 aromatic heterocycles. The van der Waals surface area contributed by atoms with Crippen LogP contribution in [0.1, 0.15) is 0 Å². The third kappa shape index (κ3) is 4.26. The van der Waals surface area contributed by atoms with E-state index in [0.717, 1.165) is 0 Å². The van der Waals surface area contributed by atoms with E-state index in [1.807, 2.05) is 0 Å². The molecule has 0 aliphatic carbocycles. The molecule has 0 saturated carbocycles. The highest BCUT2D eigenvalue weighted by Crippen LogP contribution is 2.07. The fourth-order valence-corrected chi connectivity index (χ4v) is 2.65. The third-order valence-corrected chi connectivity index (χ3v) is 3.44. The van der Waals surface area contributed by atoms with Crippen LogP contribution in [-0.2, 0) is 0 Å². The van der Waals surface area contributed by atoms with Crippen LogP contribution in [-0.4, -0.2) is 29.4 Å². The molecule has 4 nitrogen and oxygen atoms in total. The summed E-state index contributed by atoms with van der Waals surface area (Å²) in [6, 6.07) is 0. The lowest BCUT2D eigenvalue weighted by Crippen LogP contribution is -2.24. The van der Waals surface area contributed by atoms with Crippen LogP contribution < -0.4 is 0 Å². The van der Waals surface area contributed by atoms with Crippen LogP contribution in [0.2, 0.25) is 0 Å². The summed E-state index contributed by atoms with van der Waals surface area (Å²) in [6.07, 6.45) is 0. The summed E-state index contributed by atoms with van der Waals surface area (Å²) in [4.78, 5) is 0. The summed E-state index contributed by atoms with van der Waals surface area (Å²) in [7, 11) is -3.16. The normalized spacial score (nSPS) is 11.7. The molecule has 0 fully saturated rings. The van der Waals surface area contributed by atoms with Crippen molar-refractivity contribution in [3.8, 4) is 0 Å². The molecule has 13 heavy (non-hydrogen) atoms. The average Bonchev–Trinajstić information content (AvgIpc) is 2.06. The standard InChI is InChI=1S/C4N4S4Si/c9-1-5-13(6-2-10,7-3-11)8-4-12. The maximum absolute atomic E-state index is 4.40. The molecule has 0 aliphatic rings. The minimum Gasteiger partial charge on any atom is -0.200 e. The maximum Gasteiger partial charge on any atom is 0.612 e. The van der Waals surface area contributed by atoms with Crippen molar-refractivity contribution >= 4 is 78.2 Å². The summed E-state index contributed by atoms with van der Waals surface area (Å²) in [5, 5.41) is 8.37. The Morgan fingerprint density at radius 2 is 0.846 bits per heavy atom. The Morgan fingerprint density at radius 3 is 1.00 bits per heavy atom. The van der Waals surface area contributed by atoms with Gasteiger partial charge in [-0.25, -0.2) is 0 Å². The monoisotopic (exact) mass is 260 g/mol. The first-order chi connectivity index (χ1) is 6.24. The van der Waals surface area contributed by atoms with Gasteiger partial charge in [0.2, 0.25) is 0 Å². The Kier molecular flexibility index (Phi) is 6.57. The Balaban J connectivity index is 5.52. The SMILES string of the molecule is S=C=N[Si](N=C=S)(N=C=S)N=C=S. The molecule has 0 rings (SSSR count). The molecule has 0 radical (unpaired) electrons. The van der Waals surface area contributed by atoms with Crippen molar-refractivity contribution in [3.05, 3.63) is 0 Å². The highest BCUT2D eigenvalue weighted by atomic mass is 32.1. The molecule has 0 spiro atoms. The zero-order valence-corrected chi connectivity index (χ0v) is 10.2. The molecular formula is C4N4S4Si. The van der Waals surface area contributed by atoms with E-state index < -0.39 is 8.72 Å². The molecule has 0 heterocycles. The van der Waals surface area contributed by atoms with Crippen molar-refractivity contribution < 1.29 is 0 Å². The maximum atomic E-state index is 4.40. The number of rotatable bonds is 4. The first kappa shape index (κ1) is 12.4. The second-order valence-corrected chi connectivity index (χ2v) is 4.24. The van der Waals surface area contributed by atoms with E-state index in [-0.39, 0.29) is 0 Å². The third-order valence-electron chi connectivity index (χ3n) is 0.783. The van der Waals surface area contributed by atoms with Crippen LogP contribution in [0.5, 0.6) is 0 Å². The summed E-state index contributed by atoms with van der Waals surface area (Å²) in [6.45, 7) is 0. The molecule has 0 unspecified atom stereocenters. The molecule has 0 aromatic carbocycles. The Morgan fingerprint density at radius 1 is 0.615 bits per heavy atom. The smallest absolute Gasteiger partial charge is 0.200 e. The van der Waals surface area contributed by atoms with E-state index in [1.165, 1.54) is 0 Å². The van der Waals surface area contributed by atoms with Gasteiger partial charge in [0.05, 0.1) is 20.6 Å². The zero-order valence-electron chi connectivity index (χ0n) is 5.92. The summed E-state index contributed by atoms with van der Waals surface area (Å²) in [5.41, 5.74) is 0. The van der Waals surface area contributed by atoms with Crippen molar-refractivity contribution in [2.24, 2.45) is 18.6 Å². The van der Waals surface area contributed by atoms with Crippen LogP contribution in [0.15, 0.2) is 18.6 Å². The molecule has 0 N–H and O–H groups in total. The lowest BCUT2D eigenvalue weighted by atomic mass is 11.7. The average molecular weight is 260 g/mol. The van der Waals surface area contributed by atoms with Crippen LogP contribution in [0, 0.1) is 0 Å². The van der Waals surface area contributed by atoms with Gasteiger partial charge in [-0.2, -0.15) is 18.6 Å². The van der Waals surface area contributed by atoms with Gasteiger partial charge in [-0.05, 0) is 48.9 Å². The molecule has 0 amide bonds. The van der Waals surface area contributed by atoms with E-state index in [1.54, 1.807) is 0 Å². The highest BCUT2D eigenvalue weighted by molar-refractivity contribution is 7.79. The number of hydrogen-bond acceptors (Lipinski definition) is 8. The minimum absolute atomic E-state index is 2.09. The molecular weight excluding hydrogens is 260 g/mol. The van der Waals surface area contributed by atoms with Gasteiger partial charge in [0.25, 0.3) is 0 Å². The van der Waals surface area contributed by atoms with Crippen molar-refractivity contribution in [1.82, 2.24) is 0 Å². The Hall–Kier alpha value is -0.583. The van der Waals surface area contributed by atoms with Crippen LogP contribution in [0.3, 0.4) is 0 Å². The number of hydrogen-bond donors (Lipinski definition) is 0. The van der Waals surface area contributed by atoms with E-state index in [4.69, 9.17) is 0 Å². The van der Waals surface area contributed by atoms with Gasteiger partial charge < -0.3 is 0 Å². The van der Waals surface area contributed by atoms with Crippen molar-refractivity contribution in [3.63, 3.8) is 0 Å². The van der Waals surface area contributed by atoms with Gasteiger partial charge in [0.1, 0.15) is 0 Å². The Bertz CT molecular complexity index is 303. The summed E-state index contributed by atoms with van der Waals surface area (Å²) in [5.74, 6) is 0. The van der Waals surface area contributed by atoms with Crippen LogP contribution in [0.4, 0.5) is 0 Å². The molecule has 0 aliphatic heterocycles. The van der Waals surface area contributed by atoms with E-state index in [2.05, 4.69) is 88.1 Å². The molecule has 0 saturated heterocycles. The van der Waals surface area contributed by atoms with Gasteiger partial charge >= 0.3 is 8.72 Å². The van der Waals surface area contributed by atoms with Crippen molar-refractivity contribution in [2.45, 2.75) is 0 Å². The van der Waals surface area contributed by atoms with Crippen LogP contribution >= 0.6 is 48.9 Å². The van der Waals surface area contributed by atoms with E-state index in [9.17, 15) is 0 Å². The topological polar surface area (TPSA) is 49.4 Å². The Labute approximate surface area is 96.6 Å². The molecule has 0 bridgehead atoms. The lowest BCUT2D eigenvalue weighted by molar-refractivity contribution is 1.38. The van der Waals surface area contributed by atoms with Gasteiger partial charge in [0, 0.05) is 0 Å².